The van der Waals surface area contributed by atoms with Crippen LogP contribution < -0.4 is 16.4 Å². The van der Waals surface area contributed by atoms with Gasteiger partial charge >= 0.3 is 0 Å². The summed E-state index contributed by atoms with van der Waals surface area (Å²) in [6.45, 7) is 4.94. The Morgan fingerprint density at radius 1 is 1.56 bits per heavy atom. The first-order chi connectivity index (χ1) is 8.51. The van der Waals surface area contributed by atoms with Crippen molar-refractivity contribution in [1.82, 2.24) is 0 Å². The molecule has 0 saturated heterocycles. The van der Waals surface area contributed by atoms with Crippen molar-refractivity contribution in [2.75, 3.05) is 23.7 Å². The minimum Gasteiger partial charge on any atom is -0.397 e. The number of rotatable bonds is 5. The van der Waals surface area contributed by atoms with Crippen LogP contribution in [0, 0.1) is 17.2 Å². The lowest BCUT2D eigenvalue weighted by atomic mass is 10.1. The van der Waals surface area contributed by atoms with Crippen LogP contribution >= 0.6 is 0 Å². The number of carbonyl (C=O) groups is 1. The summed E-state index contributed by atoms with van der Waals surface area (Å²) >= 11 is 0. The number of nitrogens with zero attached hydrogens (tertiary/aromatic N) is 2. The number of amides is 1. The lowest BCUT2D eigenvalue weighted by Gasteiger charge is -2.27. The van der Waals surface area contributed by atoms with Crippen LogP contribution in [0.5, 0.6) is 0 Å². The zero-order valence-electron chi connectivity index (χ0n) is 10.7. The van der Waals surface area contributed by atoms with Gasteiger partial charge in [0, 0.05) is 13.1 Å². The number of primary amides is 1. The summed E-state index contributed by atoms with van der Waals surface area (Å²) in [6.07, 6.45) is 0. The summed E-state index contributed by atoms with van der Waals surface area (Å²) < 4.78 is 0. The number of hydrogen-bond acceptors (Lipinski definition) is 4. The predicted octanol–water partition coefficient (Wildman–Crippen LogP) is 1.35. The van der Waals surface area contributed by atoms with Crippen molar-refractivity contribution < 1.29 is 4.79 Å². The fourth-order valence-electron chi connectivity index (χ4n) is 1.86. The Hall–Kier alpha value is -2.22. The van der Waals surface area contributed by atoms with Gasteiger partial charge in [0.25, 0.3) is 5.91 Å². The number of hydrogen-bond donors (Lipinski definition) is 2. The van der Waals surface area contributed by atoms with E-state index in [9.17, 15) is 4.79 Å². The van der Waals surface area contributed by atoms with Gasteiger partial charge in [-0.05, 0) is 26.0 Å². The third kappa shape index (κ3) is 2.92. The van der Waals surface area contributed by atoms with Gasteiger partial charge in [0.2, 0.25) is 0 Å². The molecule has 1 rings (SSSR count). The number of nitrogen functional groups attached to an aromatic ring is 1. The number of nitrogens with two attached hydrogens (primary N) is 2. The van der Waals surface area contributed by atoms with E-state index in [1.165, 1.54) is 0 Å². The van der Waals surface area contributed by atoms with Gasteiger partial charge in [-0.3, -0.25) is 4.79 Å². The Morgan fingerprint density at radius 3 is 2.72 bits per heavy atom. The van der Waals surface area contributed by atoms with E-state index in [2.05, 4.69) is 6.07 Å². The van der Waals surface area contributed by atoms with Gasteiger partial charge < -0.3 is 16.4 Å². The summed E-state index contributed by atoms with van der Waals surface area (Å²) in [6, 6.07) is 7.23. The Labute approximate surface area is 107 Å². The number of nitriles is 1. The van der Waals surface area contributed by atoms with Crippen LogP contribution in [0.1, 0.15) is 24.2 Å². The van der Waals surface area contributed by atoms with Gasteiger partial charge in [-0.15, -0.1) is 0 Å². The van der Waals surface area contributed by atoms with Crippen LogP contribution in [-0.2, 0) is 0 Å². The standard InChI is InChI=1S/C13H18N4O/c1-3-17(8-9(2)7-14)12-10(13(16)18)5-4-6-11(12)15/h4-6,9H,3,8,15H2,1-2H3,(H2,16,18). The lowest BCUT2D eigenvalue weighted by molar-refractivity contribution is 0.100. The van der Waals surface area contributed by atoms with Crippen molar-refractivity contribution in [3.05, 3.63) is 23.8 Å². The molecule has 0 saturated carbocycles. The molecule has 0 aliphatic carbocycles. The zero-order chi connectivity index (χ0) is 13.7. The maximum absolute atomic E-state index is 11.4. The number of anilines is 2. The minimum atomic E-state index is -0.514. The topological polar surface area (TPSA) is 96.1 Å². The maximum Gasteiger partial charge on any atom is 0.250 e. The Bertz CT molecular complexity index is 478. The molecule has 0 aromatic heterocycles. The molecule has 1 unspecified atom stereocenters. The van der Waals surface area contributed by atoms with Crippen LogP contribution in [-0.4, -0.2) is 19.0 Å². The molecule has 0 heterocycles. The summed E-state index contributed by atoms with van der Waals surface area (Å²) in [5.74, 6) is -0.661. The van der Waals surface area contributed by atoms with E-state index in [0.29, 0.717) is 30.0 Å². The molecule has 0 aliphatic heterocycles. The molecule has 0 spiro atoms. The van der Waals surface area contributed by atoms with E-state index >= 15 is 0 Å². The number of para-hydroxylation sites is 1. The number of carbonyl (C=O) groups excluding carboxylic acids is 1. The molecule has 96 valence electrons. The van der Waals surface area contributed by atoms with Gasteiger partial charge in [0.05, 0.1) is 28.9 Å². The van der Waals surface area contributed by atoms with Crippen molar-refractivity contribution in [1.29, 1.82) is 5.26 Å². The van der Waals surface area contributed by atoms with E-state index in [0.717, 1.165) is 0 Å². The molecule has 0 aliphatic rings. The molecule has 0 fully saturated rings. The first kappa shape index (κ1) is 13.8. The zero-order valence-corrected chi connectivity index (χ0v) is 10.7. The van der Waals surface area contributed by atoms with Crippen molar-refractivity contribution in [3.63, 3.8) is 0 Å². The molecule has 1 aromatic carbocycles. The van der Waals surface area contributed by atoms with Gasteiger partial charge in [0.1, 0.15) is 0 Å². The lowest BCUT2D eigenvalue weighted by Crippen LogP contribution is -2.31. The van der Waals surface area contributed by atoms with Gasteiger partial charge in [-0.2, -0.15) is 5.26 Å². The largest absolute Gasteiger partial charge is 0.397 e. The molecule has 5 nitrogen and oxygen atoms in total. The normalized spacial score (nSPS) is 11.6. The second kappa shape index (κ2) is 5.92. The van der Waals surface area contributed by atoms with Crippen molar-refractivity contribution >= 4 is 17.3 Å². The first-order valence-corrected chi connectivity index (χ1v) is 5.84. The smallest absolute Gasteiger partial charge is 0.250 e. The van der Waals surface area contributed by atoms with Crippen molar-refractivity contribution in [2.24, 2.45) is 11.7 Å². The molecular weight excluding hydrogens is 228 g/mol. The molecule has 0 radical (unpaired) electrons. The molecule has 4 N–H and O–H groups in total. The molecular formula is C13H18N4O. The molecule has 1 atom stereocenters. The predicted molar refractivity (Wildman–Crippen MR) is 72.0 cm³/mol. The van der Waals surface area contributed by atoms with E-state index in [4.69, 9.17) is 16.7 Å². The average molecular weight is 246 g/mol. The summed E-state index contributed by atoms with van der Waals surface area (Å²) in [5.41, 5.74) is 12.8. The van der Waals surface area contributed by atoms with Gasteiger partial charge in [-0.1, -0.05) is 6.07 Å². The molecule has 0 bridgehead atoms. The quantitative estimate of drug-likeness (QED) is 0.766. The van der Waals surface area contributed by atoms with Gasteiger partial charge in [-0.25, -0.2) is 0 Å². The van der Waals surface area contributed by atoms with Gasteiger partial charge in [0.15, 0.2) is 0 Å². The minimum absolute atomic E-state index is 0.148. The first-order valence-electron chi connectivity index (χ1n) is 5.84. The third-order valence-corrected chi connectivity index (χ3v) is 2.75. The van der Waals surface area contributed by atoms with E-state index in [-0.39, 0.29) is 5.92 Å². The summed E-state index contributed by atoms with van der Waals surface area (Å²) in [7, 11) is 0. The SMILES string of the molecule is CCN(CC(C)C#N)c1c(N)cccc1C(N)=O. The van der Waals surface area contributed by atoms with E-state index < -0.39 is 5.91 Å². The summed E-state index contributed by atoms with van der Waals surface area (Å²) in [5, 5.41) is 8.87. The van der Waals surface area contributed by atoms with E-state index in [1.807, 2.05) is 18.7 Å². The van der Waals surface area contributed by atoms with Crippen LogP contribution in [0.2, 0.25) is 0 Å². The molecule has 1 aromatic rings. The van der Waals surface area contributed by atoms with Crippen molar-refractivity contribution in [3.8, 4) is 6.07 Å². The Balaban J connectivity index is 3.20. The molecule has 5 heteroatoms. The van der Waals surface area contributed by atoms with Crippen LogP contribution in [0.25, 0.3) is 0 Å². The second-order valence-electron chi connectivity index (χ2n) is 4.18. The number of benzene rings is 1. The summed E-state index contributed by atoms with van der Waals surface area (Å²) in [4.78, 5) is 13.3. The molecule has 18 heavy (non-hydrogen) atoms. The monoisotopic (exact) mass is 246 g/mol. The Morgan fingerprint density at radius 2 is 2.22 bits per heavy atom. The maximum atomic E-state index is 11.4. The van der Waals surface area contributed by atoms with Crippen LogP contribution in [0.3, 0.4) is 0 Å². The fourth-order valence-corrected chi connectivity index (χ4v) is 1.86. The second-order valence-corrected chi connectivity index (χ2v) is 4.18. The average Bonchev–Trinajstić information content (AvgIpc) is 2.35. The molecule has 1 amide bonds. The highest BCUT2D eigenvalue weighted by Crippen LogP contribution is 2.28. The Kier molecular flexibility index (Phi) is 4.55. The highest BCUT2D eigenvalue weighted by molar-refractivity contribution is 6.01. The van der Waals surface area contributed by atoms with Crippen molar-refractivity contribution in [2.45, 2.75) is 13.8 Å². The van der Waals surface area contributed by atoms with Crippen LogP contribution in [0.15, 0.2) is 18.2 Å². The highest BCUT2D eigenvalue weighted by atomic mass is 16.1. The third-order valence-electron chi connectivity index (χ3n) is 2.75. The van der Waals surface area contributed by atoms with Crippen LogP contribution in [0.4, 0.5) is 11.4 Å². The highest BCUT2D eigenvalue weighted by Gasteiger charge is 2.18. The van der Waals surface area contributed by atoms with E-state index in [1.54, 1.807) is 18.2 Å². The fraction of sp³-hybridized carbons (Fsp3) is 0.385.